The molecule has 0 bridgehead atoms. The van der Waals surface area contributed by atoms with Crippen LogP contribution in [0.1, 0.15) is 55.1 Å². The van der Waals surface area contributed by atoms with Gasteiger partial charge in [0, 0.05) is 6.20 Å². The Morgan fingerprint density at radius 1 is 1.62 bits per heavy atom. The maximum Gasteiger partial charge on any atom is 0.110 e. The fourth-order valence-corrected chi connectivity index (χ4v) is 3.32. The quantitative estimate of drug-likeness (QED) is 0.882. The molecule has 1 aromatic heterocycles. The maximum atomic E-state index is 9.52. The van der Waals surface area contributed by atoms with Gasteiger partial charge in [-0.2, -0.15) is 0 Å². The van der Waals surface area contributed by atoms with E-state index in [1.165, 1.54) is 30.8 Å². The van der Waals surface area contributed by atoms with Gasteiger partial charge in [-0.05, 0) is 32.9 Å². The zero-order valence-electron chi connectivity index (χ0n) is 10.0. The Labute approximate surface area is 101 Å². The van der Waals surface area contributed by atoms with Gasteiger partial charge in [0.05, 0.1) is 17.0 Å². The molecule has 2 atom stereocenters. The van der Waals surface area contributed by atoms with Gasteiger partial charge >= 0.3 is 0 Å². The third kappa shape index (κ3) is 2.44. The van der Waals surface area contributed by atoms with E-state index in [0.29, 0.717) is 6.04 Å². The molecule has 16 heavy (non-hydrogen) atoms. The summed E-state index contributed by atoms with van der Waals surface area (Å²) in [5.74, 6) is 0. The number of aliphatic hydroxyl groups is 1. The molecule has 0 spiro atoms. The molecule has 0 saturated carbocycles. The number of nitrogens with zero attached hydrogens (tertiary/aromatic N) is 2. The van der Waals surface area contributed by atoms with Gasteiger partial charge in [-0.15, -0.1) is 11.3 Å². The van der Waals surface area contributed by atoms with Crippen molar-refractivity contribution < 1.29 is 5.11 Å². The minimum Gasteiger partial charge on any atom is -0.388 e. The SMILES string of the molecule is CCN1CCCCC1c1ncc(C(C)O)s1. The molecule has 1 aliphatic rings. The summed E-state index contributed by atoms with van der Waals surface area (Å²) in [5, 5.41) is 10.7. The first-order valence-electron chi connectivity index (χ1n) is 6.10. The van der Waals surface area contributed by atoms with Crippen molar-refractivity contribution in [3.8, 4) is 0 Å². The standard InChI is InChI=1S/C12H20N2OS/c1-3-14-7-5-4-6-10(14)12-13-8-11(16-12)9(2)15/h8-10,15H,3-7H2,1-2H3. The van der Waals surface area contributed by atoms with Crippen LogP contribution < -0.4 is 0 Å². The molecule has 0 radical (unpaired) electrons. The second-order valence-corrected chi connectivity index (χ2v) is 5.51. The second-order valence-electron chi connectivity index (χ2n) is 4.42. The molecule has 2 unspecified atom stereocenters. The van der Waals surface area contributed by atoms with E-state index < -0.39 is 0 Å². The Bertz CT molecular complexity index is 338. The summed E-state index contributed by atoms with van der Waals surface area (Å²) in [5.41, 5.74) is 0. The van der Waals surface area contributed by atoms with Crippen molar-refractivity contribution in [1.29, 1.82) is 0 Å². The number of aliphatic hydroxyl groups excluding tert-OH is 1. The molecule has 2 rings (SSSR count). The monoisotopic (exact) mass is 240 g/mol. The minimum absolute atomic E-state index is 0.384. The first kappa shape index (κ1) is 12.0. The molecule has 1 fully saturated rings. The summed E-state index contributed by atoms with van der Waals surface area (Å²) >= 11 is 1.66. The van der Waals surface area contributed by atoms with Crippen LogP contribution in [0.15, 0.2) is 6.20 Å². The van der Waals surface area contributed by atoms with Gasteiger partial charge in [-0.25, -0.2) is 4.98 Å². The van der Waals surface area contributed by atoms with Crippen LogP contribution in [0, 0.1) is 0 Å². The van der Waals surface area contributed by atoms with Crippen LogP contribution in [0.3, 0.4) is 0 Å². The lowest BCUT2D eigenvalue weighted by molar-refractivity contribution is 0.157. The van der Waals surface area contributed by atoms with E-state index in [4.69, 9.17) is 0 Å². The molecule has 0 amide bonds. The highest BCUT2D eigenvalue weighted by Crippen LogP contribution is 2.34. The Morgan fingerprint density at radius 3 is 3.06 bits per heavy atom. The molecule has 1 N–H and O–H groups in total. The summed E-state index contributed by atoms with van der Waals surface area (Å²) in [6.45, 7) is 6.29. The maximum absolute atomic E-state index is 9.52. The van der Waals surface area contributed by atoms with E-state index in [1.807, 2.05) is 6.20 Å². The minimum atomic E-state index is -0.384. The van der Waals surface area contributed by atoms with E-state index >= 15 is 0 Å². The van der Waals surface area contributed by atoms with Gasteiger partial charge in [-0.1, -0.05) is 13.3 Å². The number of rotatable bonds is 3. The van der Waals surface area contributed by atoms with Crippen molar-refractivity contribution in [1.82, 2.24) is 9.88 Å². The molecule has 1 saturated heterocycles. The third-order valence-electron chi connectivity index (χ3n) is 3.26. The molecule has 1 aromatic rings. The molecule has 4 heteroatoms. The van der Waals surface area contributed by atoms with Gasteiger partial charge in [-0.3, -0.25) is 4.90 Å². The van der Waals surface area contributed by atoms with Crippen molar-refractivity contribution in [3.63, 3.8) is 0 Å². The molecule has 3 nitrogen and oxygen atoms in total. The van der Waals surface area contributed by atoms with Crippen LogP contribution in [-0.4, -0.2) is 28.1 Å². The Hall–Kier alpha value is -0.450. The lowest BCUT2D eigenvalue weighted by Crippen LogP contribution is -2.32. The fraction of sp³-hybridized carbons (Fsp3) is 0.750. The predicted molar refractivity (Wildman–Crippen MR) is 66.6 cm³/mol. The van der Waals surface area contributed by atoms with E-state index in [9.17, 15) is 5.11 Å². The summed E-state index contributed by atoms with van der Waals surface area (Å²) in [7, 11) is 0. The first-order valence-corrected chi connectivity index (χ1v) is 6.91. The number of hydrogen-bond donors (Lipinski definition) is 1. The molecule has 0 aromatic carbocycles. The van der Waals surface area contributed by atoms with Crippen molar-refractivity contribution in [2.45, 2.75) is 45.3 Å². The van der Waals surface area contributed by atoms with Crippen LogP contribution in [0.25, 0.3) is 0 Å². The van der Waals surface area contributed by atoms with Gasteiger partial charge < -0.3 is 5.11 Å². The normalized spacial score (nSPS) is 24.6. The summed E-state index contributed by atoms with van der Waals surface area (Å²) in [6.07, 6.45) is 5.25. The summed E-state index contributed by atoms with van der Waals surface area (Å²) in [4.78, 5) is 7.95. The lowest BCUT2D eigenvalue weighted by Gasteiger charge is -2.33. The van der Waals surface area contributed by atoms with E-state index in [1.54, 1.807) is 18.3 Å². The van der Waals surface area contributed by atoms with Crippen molar-refractivity contribution >= 4 is 11.3 Å². The van der Waals surface area contributed by atoms with Crippen LogP contribution in [-0.2, 0) is 0 Å². The number of aromatic nitrogens is 1. The average molecular weight is 240 g/mol. The average Bonchev–Trinajstić information content (AvgIpc) is 2.78. The first-order chi connectivity index (χ1) is 7.72. The second kappa shape index (κ2) is 5.25. The highest BCUT2D eigenvalue weighted by molar-refractivity contribution is 7.11. The van der Waals surface area contributed by atoms with Gasteiger partial charge in [0.1, 0.15) is 5.01 Å². The third-order valence-corrected chi connectivity index (χ3v) is 4.53. The Balaban J connectivity index is 2.14. The Kier molecular flexibility index (Phi) is 3.95. The number of thiazole rings is 1. The lowest BCUT2D eigenvalue weighted by atomic mass is 10.0. The van der Waals surface area contributed by atoms with Gasteiger partial charge in [0.25, 0.3) is 0 Å². The van der Waals surface area contributed by atoms with Crippen LogP contribution >= 0.6 is 11.3 Å². The van der Waals surface area contributed by atoms with E-state index in [2.05, 4.69) is 16.8 Å². The smallest absolute Gasteiger partial charge is 0.110 e. The van der Waals surface area contributed by atoms with Crippen molar-refractivity contribution in [2.24, 2.45) is 0 Å². The zero-order valence-corrected chi connectivity index (χ0v) is 10.8. The molecule has 1 aliphatic heterocycles. The fourth-order valence-electron chi connectivity index (χ4n) is 2.30. The topological polar surface area (TPSA) is 36.4 Å². The van der Waals surface area contributed by atoms with Crippen LogP contribution in [0.2, 0.25) is 0 Å². The van der Waals surface area contributed by atoms with Crippen molar-refractivity contribution in [3.05, 3.63) is 16.1 Å². The molecule has 90 valence electrons. The Morgan fingerprint density at radius 2 is 2.44 bits per heavy atom. The highest BCUT2D eigenvalue weighted by Gasteiger charge is 2.25. The summed E-state index contributed by atoms with van der Waals surface area (Å²) in [6, 6.07) is 0.483. The molecular weight excluding hydrogens is 220 g/mol. The molecular formula is C12H20N2OS. The van der Waals surface area contributed by atoms with Crippen LogP contribution in [0.4, 0.5) is 0 Å². The van der Waals surface area contributed by atoms with E-state index in [0.717, 1.165) is 11.4 Å². The largest absolute Gasteiger partial charge is 0.388 e. The van der Waals surface area contributed by atoms with Gasteiger partial charge in [0.2, 0.25) is 0 Å². The van der Waals surface area contributed by atoms with Crippen molar-refractivity contribution in [2.75, 3.05) is 13.1 Å². The zero-order chi connectivity index (χ0) is 11.5. The molecule has 0 aliphatic carbocycles. The van der Waals surface area contributed by atoms with Crippen LogP contribution in [0.5, 0.6) is 0 Å². The van der Waals surface area contributed by atoms with Gasteiger partial charge in [0.15, 0.2) is 0 Å². The highest BCUT2D eigenvalue weighted by atomic mass is 32.1. The molecule has 2 heterocycles. The van der Waals surface area contributed by atoms with E-state index in [-0.39, 0.29) is 6.10 Å². The number of hydrogen-bond acceptors (Lipinski definition) is 4. The summed E-state index contributed by atoms with van der Waals surface area (Å²) < 4.78 is 0. The predicted octanol–water partition coefficient (Wildman–Crippen LogP) is 2.74. The number of likely N-dealkylation sites (tertiary alicyclic amines) is 1. The number of piperidine rings is 1.